The van der Waals surface area contributed by atoms with E-state index in [4.69, 9.17) is 5.11 Å². The molecule has 1 heteroatoms. The Morgan fingerprint density at radius 3 is 2.43 bits per heavy atom. The minimum Gasteiger partial charge on any atom is -0.393 e. The second-order valence-electron chi connectivity index (χ2n) is 1.73. The standard InChI is InChI=1S/C6H13O/c1-3-5-6(7)4-2/h6-7H,2-5H2,1H3/t6-/m0/s1. The summed E-state index contributed by atoms with van der Waals surface area (Å²) in [6.07, 6.45) is 2.43. The molecule has 0 spiro atoms. The van der Waals surface area contributed by atoms with Crippen LogP contribution in [0.3, 0.4) is 0 Å². The maximum atomic E-state index is 8.80. The second-order valence-corrected chi connectivity index (χ2v) is 1.73. The van der Waals surface area contributed by atoms with Gasteiger partial charge in [-0.25, -0.2) is 0 Å². The van der Waals surface area contributed by atoms with Crippen LogP contribution in [-0.2, 0) is 0 Å². The predicted molar refractivity (Wildman–Crippen MR) is 30.9 cm³/mol. The van der Waals surface area contributed by atoms with Crippen LogP contribution in [0.4, 0.5) is 0 Å². The van der Waals surface area contributed by atoms with Crippen LogP contribution in [0.2, 0.25) is 0 Å². The number of rotatable bonds is 3. The van der Waals surface area contributed by atoms with Gasteiger partial charge in [-0.2, -0.15) is 0 Å². The van der Waals surface area contributed by atoms with E-state index in [-0.39, 0.29) is 6.10 Å². The fourth-order valence-electron chi connectivity index (χ4n) is 0.478. The monoisotopic (exact) mass is 101 g/mol. The summed E-state index contributed by atoms with van der Waals surface area (Å²) in [4.78, 5) is 0. The molecule has 43 valence electrons. The zero-order valence-electron chi connectivity index (χ0n) is 4.85. The minimum atomic E-state index is -0.162. The van der Waals surface area contributed by atoms with Crippen LogP contribution in [0.1, 0.15) is 26.2 Å². The molecule has 1 nitrogen and oxygen atoms in total. The Hall–Kier alpha value is -0.0400. The van der Waals surface area contributed by atoms with Crippen molar-refractivity contribution < 1.29 is 5.11 Å². The van der Waals surface area contributed by atoms with Crippen LogP contribution in [0.15, 0.2) is 0 Å². The summed E-state index contributed by atoms with van der Waals surface area (Å²) < 4.78 is 0. The third kappa shape index (κ3) is 3.80. The Morgan fingerprint density at radius 2 is 2.29 bits per heavy atom. The summed E-state index contributed by atoms with van der Waals surface area (Å²) in [6, 6.07) is 0. The van der Waals surface area contributed by atoms with E-state index in [1.807, 2.05) is 0 Å². The van der Waals surface area contributed by atoms with Gasteiger partial charge < -0.3 is 5.11 Å². The lowest BCUT2D eigenvalue weighted by molar-refractivity contribution is 0.166. The van der Waals surface area contributed by atoms with Crippen LogP contribution in [-0.4, -0.2) is 11.2 Å². The molecule has 0 unspecified atom stereocenters. The lowest BCUT2D eigenvalue weighted by atomic mass is 10.2. The molecule has 0 aromatic heterocycles. The van der Waals surface area contributed by atoms with Gasteiger partial charge in [0.2, 0.25) is 0 Å². The van der Waals surface area contributed by atoms with Gasteiger partial charge in [0.15, 0.2) is 0 Å². The highest BCUT2D eigenvalue weighted by molar-refractivity contribution is 4.53. The Bertz CT molecular complexity index is 35.2. The fraction of sp³-hybridized carbons (Fsp3) is 0.833. The van der Waals surface area contributed by atoms with Crippen molar-refractivity contribution in [3.8, 4) is 0 Å². The fourth-order valence-corrected chi connectivity index (χ4v) is 0.478. The average molecular weight is 101 g/mol. The average Bonchev–Trinajstić information content (AvgIpc) is 1.68. The number of aliphatic hydroxyl groups is 1. The van der Waals surface area contributed by atoms with Crippen LogP contribution >= 0.6 is 0 Å². The van der Waals surface area contributed by atoms with Crippen molar-refractivity contribution in [2.24, 2.45) is 0 Å². The second kappa shape index (κ2) is 4.13. The third-order valence-corrected chi connectivity index (χ3v) is 0.955. The van der Waals surface area contributed by atoms with Gasteiger partial charge in [0.05, 0.1) is 6.10 Å². The molecule has 0 aromatic carbocycles. The summed E-state index contributed by atoms with van der Waals surface area (Å²) in [5.74, 6) is 0. The lowest BCUT2D eigenvalue weighted by Gasteiger charge is -2.01. The number of hydrogen-bond acceptors (Lipinski definition) is 1. The lowest BCUT2D eigenvalue weighted by Crippen LogP contribution is -2.01. The van der Waals surface area contributed by atoms with Crippen LogP contribution in [0, 0.1) is 6.92 Å². The Balaban J connectivity index is 2.83. The van der Waals surface area contributed by atoms with Crippen molar-refractivity contribution in [3.63, 3.8) is 0 Å². The summed E-state index contributed by atoms with van der Waals surface area (Å²) in [6.45, 7) is 5.61. The van der Waals surface area contributed by atoms with Crippen molar-refractivity contribution >= 4 is 0 Å². The van der Waals surface area contributed by atoms with Gasteiger partial charge in [-0.1, -0.05) is 20.3 Å². The van der Waals surface area contributed by atoms with E-state index in [1.165, 1.54) is 0 Å². The molecule has 0 rings (SSSR count). The zero-order valence-corrected chi connectivity index (χ0v) is 4.85. The van der Waals surface area contributed by atoms with Crippen molar-refractivity contribution in [3.05, 3.63) is 6.92 Å². The van der Waals surface area contributed by atoms with Gasteiger partial charge in [0, 0.05) is 0 Å². The first-order valence-electron chi connectivity index (χ1n) is 2.78. The molecule has 0 saturated heterocycles. The first-order valence-corrected chi connectivity index (χ1v) is 2.78. The number of aliphatic hydroxyl groups excluding tert-OH is 1. The molecule has 0 aliphatic rings. The van der Waals surface area contributed by atoms with Crippen LogP contribution in [0.25, 0.3) is 0 Å². The molecular formula is C6H13O. The molecule has 0 aromatic rings. The van der Waals surface area contributed by atoms with E-state index in [0.717, 1.165) is 12.8 Å². The molecule has 0 aliphatic carbocycles. The quantitative estimate of drug-likeness (QED) is 0.569. The smallest absolute Gasteiger partial charge is 0.0540 e. The highest BCUT2D eigenvalue weighted by Crippen LogP contribution is 1.97. The molecule has 0 fully saturated rings. The van der Waals surface area contributed by atoms with E-state index >= 15 is 0 Å². The van der Waals surface area contributed by atoms with Gasteiger partial charge in [-0.3, -0.25) is 0 Å². The van der Waals surface area contributed by atoms with E-state index in [1.54, 1.807) is 0 Å². The van der Waals surface area contributed by atoms with Crippen LogP contribution in [0.5, 0.6) is 0 Å². The zero-order chi connectivity index (χ0) is 5.70. The van der Waals surface area contributed by atoms with E-state index in [2.05, 4.69) is 13.8 Å². The maximum absolute atomic E-state index is 8.80. The minimum absolute atomic E-state index is 0.162. The molecule has 0 amide bonds. The van der Waals surface area contributed by atoms with Crippen molar-refractivity contribution in [2.75, 3.05) is 0 Å². The largest absolute Gasteiger partial charge is 0.393 e. The van der Waals surface area contributed by atoms with Gasteiger partial charge >= 0.3 is 0 Å². The molecule has 1 radical (unpaired) electrons. The highest BCUT2D eigenvalue weighted by Gasteiger charge is 1.94. The first-order chi connectivity index (χ1) is 3.31. The van der Waals surface area contributed by atoms with E-state index in [0.29, 0.717) is 6.42 Å². The van der Waals surface area contributed by atoms with E-state index in [9.17, 15) is 0 Å². The molecule has 0 aliphatic heterocycles. The van der Waals surface area contributed by atoms with E-state index < -0.39 is 0 Å². The summed E-state index contributed by atoms with van der Waals surface area (Å²) in [5, 5.41) is 8.80. The van der Waals surface area contributed by atoms with Gasteiger partial charge in [0.1, 0.15) is 0 Å². The molecule has 0 heterocycles. The molecule has 7 heavy (non-hydrogen) atoms. The summed E-state index contributed by atoms with van der Waals surface area (Å²) >= 11 is 0. The summed E-state index contributed by atoms with van der Waals surface area (Å²) in [7, 11) is 0. The van der Waals surface area contributed by atoms with Crippen molar-refractivity contribution in [1.29, 1.82) is 0 Å². The first kappa shape index (κ1) is 6.96. The topological polar surface area (TPSA) is 20.2 Å². The van der Waals surface area contributed by atoms with Crippen LogP contribution < -0.4 is 0 Å². The molecule has 0 bridgehead atoms. The number of hydrogen-bond donors (Lipinski definition) is 1. The van der Waals surface area contributed by atoms with Gasteiger partial charge in [-0.15, -0.1) is 0 Å². The Kier molecular flexibility index (Phi) is 4.10. The molecular weight excluding hydrogens is 88.1 g/mol. The normalized spacial score (nSPS) is 14.1. The maximum Gasteiger partial charge on any atom is 0.0540 e. The Morgan fingerprint density at radius 1 is 1.71 bits per heavy atom. The van der Waals surface area contributed by atoms with Crippen molar-refractivity contribution in [1.82, 2.24) is 0 Å². The molecule has 1 N–H and O–H groups in total. The molecule has 1 atom stereocenters. The van der Waals surface area contributed by atoms with Gasteiger partial charge in [-0.05, 0) is 12.8 Å². The van der Waals surface area contributed by atoms with Crippen molar-refractivity contribution in [2.45, 2.75) is 32.3 Å². The predicted octanol–water partition coefficient (Wildman–Crippen LogP) is 1.37. The summed E-state index contributed by atoms with van der Waals surface area (Å²) in [5.41, 5.74) is 0. The third-order valence-electron chi connectivity index (χ3n) is 0.955. The highest BCUT2D eigenvalue weighted by atomic mass is 16.3. The van der Waals surface area contributed by atoms with Gasteiger partial charge in [0.25, 0.3) is 0 Å². The molecule has 0 saturated carbocycles. The SMILES string of the molecule is [CH2]C[C@H](O)CCC. The Labute approximate surface area is 45.4 Å².